The molecule has 2 aromatic carbocycles. The van der Waals surface area contributed by atoms with E-state index in [1.165, 1.54) is 0 Å². The van der Waals surface area contributed by atoms with Crippen LogP contribution in [0.15, 0.2) is 48.5 Å². The summed E-state index contributed by atoms with van der Waals surface area (Å²) in [5, 5.41) is 5.66. The molecule has 0 spiro atoms. The Kier molecular flexibility index (Phi) is 5.21. The molecule has 0 saturated heterocycles. The number of carbonyl (C=O) groups excluding carboxylic acids is 1. The van der Waals surface area contributed by atoms with E-state index in [2.05, 4.69) is 10.6 Å². The second kappa shape index (κ2) is 7.33. The molecule has 2 amide bonds. The highest BCUT2D eigenvalue weighted by Gasteiger charge is 2.07. The van der Waals surface area contributed by atoms with Crippen molar-refractivity contribution in [3.8, 4) is 5.75 Å². The number of rotatable bonds is 5. The third kappa shape index (κ3) is 4.24. The largest absolute Gasteiger partial charge is 0.492 e. The minimum Gasteiger partial charge on any atom is -0.492 e. The quantitative estimate of drug-likeness (QED) is 0.879. The molecule has 2 aromatic rings. The molecule has 0 bridgehead atoms. The second-order valence-corrected chi connectivity index (χ2v) is 4.66. The van der Waals surface area contributed by atoms with Crippen LogP contribution in [0.25, 0.3) is 0 Å². The lowest BCUT2D eigenvalue weighted by Crippen LogP contribution is -2.28. The summed E-state index contributed by atoms with van der Waals surface area (Å²) in [6.45, 7) is 4.99. The highest BCUT2D eigenvalue weighted by molar-refractivity contribution is 5.90. The lowest BCUT2D eigenvalue weighted by atomic mass is 10.1. The molecule has 4 heteroatoms. The first-order valence-electron chi connectivity index (χ1n) is 7.02. The van der Waals surface area contributed by atoms with Gasteiger partial charge in [0, 0.05) is 6.54 Å². The summed E-state index contributed by atoms with van der Waals surface area (Å²) in [5.41, 5.74) is 2.93. The van der Waals surface area contributed by atoms with E-state index < -0.39 is 0 Å². The number of aryl methyl sites for hydroxylation is 1. The van der Waals surface area contributed by atoms with E-state index in [9.17, 15) is 4.79 Å². The van der Waals surface area contributed by atoms with Gasteiger partial charge in [-0.2, -0.15) is 0 Å². The number of nitrogens with one attached hydrogen (secondary N) is 2. The minimum atomic E-state index is -0.245. The van der Waals surface area contributed by atoms with E-state index in [1.807, 2.05) is 62.4 Å². The van der Waals surface area contributed by atoms with Crippen molar-refractivity contribution in [2.45, 2.75) is 20.4 Å². The molecule has 4 nitrogen and oxygen atoms in total. The van der Waals surface area contributed by atoms with Crippen LogP contribution in [-0.2, 0) is 6.54 Å². The van der Waals surface area contributed by atoms with Crippen LogP contribution in [0.3, 0.4) is 0 Å². The number of urea groups is 1. The van der Waals surface area contributed by atoms with Crippen molar-refractivity contribution in [1.82, 2.24) is 5.32 Å². The maximum atomic E-state index is 12.0. The van der Waals surface area contributed by atoms with Crippen molar-refractivity contribution in [3.05, 3.63) is 59.7 Å². The van der Waals surface area contributed by atoms with Crippen molar-refractivity contribution in [2.24, 2.45) is 0 Å². The molecule has 0 atom stereocenters. The Balaban J connectivity index is 1.95. The first kappa shape index (κ1) is 14.9. The van der Waals surface area contributed by atoms with E-state index in [-0.39, 0.29) is 6.03 Å². The molecule has 0 aromatic heterocycles. The predicted octanol–water partition coefficient (Wildman–Crippen LogP) is 3.72. The first-order valence-corrected chi connectivity index (χ1v) is 7.02. The Labute approximate surface area is 125 Å². The Morgan fingerprint density at radius 3 is 2.57 bits per heavy atom. The minimum absolute atomic E-state index is 0.245. The number of ether oxygens (including phenoxy) is 1. The van der Waals surface area contributed by atoms with Gasteiger partial charge in [-0.05, 0) is 37.1 Å². The molecular formula is C17H20N2O2. The number of benzene rings is 2. The van der Waals surface area contributed by atoms with Crippen LogP contribution in [0.1, 0.15) is 18.1 Å². The maximum Gasteiger partial charge on any atom is 0.319 e. The molecule has 0 aliphatic rings. The lowest BCUT2D eigenvalue weighted by Gasteiger charge is -2.12. The van der Waals surface area contributed by atoms with Gasteiger partial charge in [0.05, 0.1) is 12.3 Å². The Hall–Kier alpha value is -2.49. The SMILES string of the molecule is CCOc1ccccc1NC(=O)NCc1ccccc1C. The van der Waals surface area contributed by atoms with Gasteiger partial charge in [0.2, 0.25) is 0 Å². The zero-order valence-corrected chi connectivity index (χ0v) is 12.3. The van der Waals surface area contributed by atoms with Crippen molar-refractivity contribution < 1.29 is 9.53 Å². The summed E-state index contributed by atoms with van der Waals surface area (Å²) >= 11 is 0. The number of para-hydroxylation sites is 2. The smallest absolute Gasteiger partial charge is 0.319 e. The van der Waals surface area contributed by atoms with Crippen molar-refractivity contribution in [2.75, 3.05) is 11.9 Å². The maximum absolute atomic E-state index is 12.0. The third-order valence-electron chi connectivity index (χ3n) is 3.14. The van der Waals surface area contributed by atoms with Crippen molar-refractivity contribution >= 4 is 11.7 Å². The fourth-order valence-electron chi connectivity index (χ4n) is 2.00. The molecule has 2 rings (SSSR count). The molecule has 2 N–H and O–H groups in total. The van der Waals surface area contributed by atoms with Crippen LogP contribution in [0.2, 0.25) is 0 Å². The molecule has 0 heterocycles. The molecule has 21 heavy (non-hydrogen) atoms. The standard InChI is InChI=1S/C17H20N2O2/c1-3-21-16-11-7-6-10-15(16)19-17(20)18-12-14-9-5-4-8-13(14)2/h4-11H,3,12H2,1-2H3,(H2,18,19,20). The van der Waals surface area contributed by atoms with Gasteiger partial charge in [0.15, 0.2) is 0 Å². The molecule has 0 saturated carbocycles. The average Bonchev–Trinajstić information content (AvgIpc) is 2.49. The van der Waals surface area contributed by atoms with Gasteiger partial charge < -0.3 is 15.4 Å². The zero-order valence-electron chi connectivity index (χ0n) is 12.3. The average molecular weight is 284 g/mol. The van der Waals surface area contributed by atoms with E-state index in [0.29, 0.717) is 24.6 Å². The van der Waals surface area contributed by atoms with Crippen LogP contribution >= 0.6 is 0 Å². The highest BCUT2D eigenvalue weighted by Crippen LogP contribution is 2.23. The summed E-state index contributed by atoms with van der Waals surface area (Å²) in [6, 6.07) is 15.1. The fourth-order valence-corrected chi connectivity index (χ4v) is 2.00. The lowest BCUT2D eigenvalue weighted by molar-refractivity contribution is 0.251. The van der Waals surface area contributed by atoms with Gasteiger partial charge >= 0.3 is 6.03 Å². The Bertz CT molecular complexity index is 611. The summed E-state index contributed by atoms with van der Waals surface area (Å²) < 4.78 is 5.48. The molecule has 0 aliphatic carbocycles. The molecule has 0 radical (unpaired) electrons. The highest BCUT2D eigenvalue weighted by atomic mass is 16.5. The number of hydrogen-bond donors (Lipinski definition) is 2. The predicted molar refractivity (Wildman–Crippen MR) is 84.6 cm³/mol. The van der Waals surface area contributed by atoms with Crippen molar-refractivity contribution in [3.63, 3.8) is 0 Å². The first-order chi connectivity index (χ1) is 10.2. The second-order valence-electron chi connectivity index (χ2n) is 4.66. The molecule has 0 fully saturated rings. The molecule has 0 aliphatic heterocycles. The number of hydrogen-bond acceptors (Lipinski definition) is 2. The van der Waals surface area contributed by atoms with Gasteiger partial charge in [0.1, 0.15) is 5.75 Å². The normalized spacial score (nSPS) is 10.0. The summed E-state index contributed by atoms with van der Waals surface area (Å²) in [6.07, 6.45) is 0. The van der Waals surface area contributed by atoms with Gasteiger partial charge in [-0.3, -0.25) is 0 Å². The summed E-state index contributed by atoms with van der Waals surface area (Å²) in [4.78, 5) is 12.0. The van der Waals surface area contributed by atoms with Crippen LogP contribution in [-0.4, -0.2) is 12.6 Å². The van der Waals surface area contributed by atoms with Crippen molar-refractivity contribution in [1.29, 1.82) is 0 Å². The third-order valence-corrected chi connectivity index (χ3v) is 3.14. The summed E-state index contributed by atoms with van der Waals surface area (Å²) in [5.74, 6) is 0.672. The fraction of sp³-hybridized carbons (Fsp3) is 0.235. The van der Waals surface area contributed by atoms with Gasteiger partial charge in [-0.25, -0.2) is 4.79 Å². The van der Waals surface area contributed by atoms with Gasteiger partial charge in [-0.15, -0.1) is 0 Å². The van der Waals surface area contributed by atoms with Gasteiger partial charge in [0.25, 0.3) is 0 Å². The van der Waals surface area contributed by atoms with Crippen LogP contribution in [0, 0.1) is 6.92 Å². The number of carbonyl (C=O) groups is 1. The van der Waals surface area contributed by atoms with E-state index in [4.69, 9.17) is 4.74 Å². The Morgan fingerprint density at radius 2 is 1.81 bits per heavy atom. The van der Waals surface area contributed by atoms with E-state index in [0.717, 1.165) is 11.1 Å². The van der Waals surface area contributed by atoms with Crippen LogP contribution in [0.5, 0.6) is 5.75 Å². The molecule has 0 unspecified atom stereocenters. The monoisotopic (exact) mass is 284 g/mol. The number of anilines is 1. The van der Waals surface area contributed by atoms with E-state index >= 15 is 0 Å². The van der Waals surface area contributed by atoms with Crippen LogP contribution < -0.4 is 15.4 Å². The van der Waals surface area contributed by atoms with Gasteiger partial charge in [-0.1, -0.05) is 36.4 Å². The molecule has 110 valence electrons. The Morgan fingerprint density at radius 1 is 1.10 bits per heavy atom. The summed E-state index contributed by atoms with van der Waals surface area (Å²) in [7, 11) is 0. The zero-order chi connectivity index (χ0) is 15.1. The van der Waals surface area contributed by atoms with E-state index in [1.54, 1.807) is 0 Å². The molecular weight excluding hydrogens is 264 g/mol. The van der Waals surface area contributed by atoms with Crippen LogP contribution in [0.4, 0.5) is 10.5 Å². The number of amides is 2. The topological polar surface area (TPSA) is 50.4 Å².